The number of carboxylic acids is 1. The standard InChI is InChI=1S/C33H34F9N5O6/c1-5-20-14-22(26-23(6-7-25(46-26)33(40,41)42)47(20)29(50)53-16-30(2,3)27(48)49)45-28-43-15-24(52-9-8-51-4)21(44-28)12-17-10-18(31(34,35)36)13-19(11-17)32(37,38)39/h6-7,10-11,13,15,20,22H,5,8-9,12,14,16H2,1-4H3,(H,48,49)(H,43,44,45)/t20-,22+/m1/s1. The number of ether oxygens (including phenoxy) is 3. The van der Waals surface area contributed by atoms with Crippen molar-refractivity contribution >= 4 is 23.7 Å². The number of anilines is 2. The second-order valence-corrected chi connectivity index (χ2v) is 12.6. The average molecular weight is 768 g/mol. The largest absolute Gasteiger partial charge is 0.488 e. The Labute approximate surface area is 296 Å². The Balaban J connectivity index is 1.77. The summed E-state index contributed by atoms with van der Waals surface area (Å²) in [5.74, 6) is -1.68. The van der Waals surface area contributed by atoms with Gasteiger partial charge < -0.3 is 24.6 Å². The summed E-state index contributed by atoms with van der Waals surface area (Å²) in [6, 6.07) is 0.819. The number of nitrogens with one attached hydrogen (secondary N) is 1. The van der Waals surface area contributed by atoms with Crippen LogP contribution in [0.25, 0.3) is 0 Å². The van der Waals surface area contributed by atoms with Gasteiger partial charge in [0.1, 0.15) is 18.9 Å². The number of carbonyl (C=O) groups is 2. The molecule has 3 heterocycles. The van der Waals surface area contributed by atoms with Crippen LogP contribution in [-0.4, -0.2) is 65.1 Å². The third-order valence-corrected chi connectivity index (χ3v) is 8.16. The van der Waals surface area contributed by atoms with Gasteiger partial charge >= 0.3 is 30.6 Å². The Morgan fingerprint density at radius 1 is 0.943 bits per heavy atom. The van der Waals surface area contributed by atoms with E-state index in [1.165, 1.54) is 21.0 Å². The number of rotatable bonds is 12. The Morgan fingerprint density at radius 2 is 1.58 bits per heavy atom. The maximum atomic E-state index is 13.8. The number of halogens is 9. The number of carbonyl (C=O) groups excluding carboxylic acids is 1. The van der Waals surface area contributed by atoms with E-state index in [1.54, 1.807) is 6.92 Å². The van der Waals surface area contributed by atoms with Gasteiger partial charge in [-0.25, -0.2) is 19.7 Å². The molecule has 0 saturated heterocycles. The molecule has 0 unspecified atom stereocenters. The molecule has 0 fully saturated rings. The predicted molar refractivity (Wildman–Crippen MR) is 168 cm³/mol. The van der Waals surface area contributed by atoms with E-state index in [9.17, 15) is 54.2 Å². The van der Waals surface area contributed by atoms with Crippen molar-refractivity contribution in [3.05, 3.63) is 70.3 Å². The Hall–Kier alpha value is -4.88. The van der Waals surface area contributed by atoms with Gasteiger partial charge in [-0.1, -0.05) is 6.92 Å². The fourth-order valence-corrected chi connectivity index (χ4v) is 5.30. The molecule has 290 valence electrons. The zero-order chi connectivity index (χ0) is 39.5. The second kappa shape index (κ2) is 15.6. The summed E-state index contributed by atoms with van der Waals surface area (Å²) in [5.41, 5.74) is -6.91. The van der Waals surface area contributed by atoms with Crippen LogP contribution in [0.15, 0.2) is 36.5 Å². The number of nitrogens with zero attached hydrogens (tertiary/aromatic N) is 4. The zero-order valence-corrected chi connectivity index (χ0v) is 28.5. The molecule has 0 spiro atoms. The molecular weight excluding hydrogens is 733 g/mol. The molecule has 0 bridgehead atoms. The molecule has 2 atom stereocenters. The van der Waals surface area contributed by atoms with Gasteiger partial charge in [0, 0.05) is 19.6 Å². The molecule has 20 heteroatoms. The fourth-order valence-electron chi connectivity index (χ4n) is 5.30. The lowest BCUT2D eigenvalue weighted by Crippen LogP contribution is -2.47. The predicted octanol–water partition coefficient (Wildman–Crippen LogP) is 7.93. The number of carboxylic acid groups (broad SMARTS) is 1. The van der Waals surface area contributed by atoms with Crippen LogP contribution in [0.4, 0.5) is 55.9 Å². The molecule has 0 radical (unpaired) electrons. The van der Waals surface area contributed by atoms with Crippen molar-refractivity contribution in [1.82, 2.24) is 15.0 Å². The van der Waals surface area contributed by atoms with Gasteiger partial charge in [0.2, 0.25) is 5.95 Å². The lowest BCUT2D eigenvalue weighted by molar-refractivity contribution is -0.149. The molecule has 4 rings (SSSR count). The maximum Gasteiger partial charge on any atom is 0.433 e. The van der Waals surface area contributed by atoms with Gasteiger partial charge in [-0.15, -0.1) is 0 Å². The van der Waals surface area contributed by atoms with Crippen LogP contribution in [0, 0.1) is 5.41 Å². The molecular formula is C33H34F9N5O6. The van der Waals surface area contributed by atoms with Crippen molar-refractivity contribution in [3.63, 3.8) is 0 Å². The van der Waals surface area contributed by atoms with Crippen LogP contribution in [0.3, 0.4) is 0 Å². The highest BCUT2D eigenvalue weighted by Gasteiger charge is 2.42. The third kappa shape index (κ3) is 9.96. The molecule has 1 aliphatic rings. The molecule has 11 nitrogen and oxygen atoms in total. The molecule has 2 aromatic heterocycles. The normalized spacial score (nSPS) is 16.6. The average Bonchev–Trinajstić information content (AvgIpc) is 3.06. The van der Waals surface area contributed by atoms with Crippen molar-refractivity contribution in [2.75, 3.05) is 37.1 Å². The highest BCUT2D eigenvalue weighted by atomic mass is 19.4. The maximum absolute atomic E-state index is 13.8. The number of fused-ring (bicyclic) bond motifs is 1. The van der Waals surface area contributed by atoms with E-state index in [0.29, 0.717) is 18.2 Å². The van der Waals surface area contributed by atoms with Crippen molar-refractivity contribution in [3.8, 4) is 5.75 Å². The van der Waals surface area contributed by atoms with E-state index in [0.717, 1.165) is 17.2 Å². The van der Waals surface area contributed by atoms with Crippen LogP contribution in [0.2, 0.25) is 0 Å². The van der Waals surface area contributed by atoms with Gasteiger partial charge in [0.25, 0.3) is 0 Å². The van der Waals surface area contributed by atoms with Crippen LogP contribution in [-0.2, 0) is 39.2 Å². The first-order chi connectivity index (χ1) is 24.5. The Bertz CT molecular complexity index is 1770. The summed E-state index contributed by atoms with van der Waals surface area (Å²) in [6.45, 7) is 3.67. The summed E-state index contributed by atoms with van der Waals surface area (Å²) in [4.78, 5) is 38.2. The van der Waals surface area contributed by atoms with E-state index >= 15 is 0 Å². The molecule has 1 amide bonds. The summed E-state index contributed by atoms with van der Waals surface area (Å²) < 4.78 is 139. The number of hydrogen-bond donors (Lipinski definition) is 2. The summed E-state index contributed by atoms with van der Waals surface area (Å²) in [6.07, 6.45) is -15.6. The monoisotopic (exact) mass is 767 g/mol. The minimum atomic E-state index is -5.12. The zero-order valence-electron chi connectivity index (χ0n) is 28.5. The number of aromatic nitrogens is 3. The van der Waals surface area contributed by atoms with Gasteiger partial charge in [-0.05, 0) is 62.6 Å². The SMILES string of the molecule is CC[C@@H]1C[C@H](Nc2ncc(OCCOC)c(Cc3cc(C(F)(F)F)cc(C(F)(F)F)c3)n2)c2nc(C(F)(F)F)ccc2N1C(=O)OCC(C)(C)C(=O)O. The van der Waals surface area contributed by atoms with Crippen LogP contribution in [0.1, 0.15) is 73.4 Å². The first-order valence-corrected chi connectivity index (χ1v) is 15.8. The topological polar surface area (TPSA) is 136 Å². The first-order valence-electron chi connectivity index (χ1n) is 15.8. The number of hydrogen-bond acceptors (Lipinski definition) is 9. The van der Waals surface area contributed by atoms with Crippen molar-refractivity contribution in [2.24, 2.45) is 5.41 Å². The summed E-state index contributed by atoms with van der Waals surface area (Å²) in [7, 11) is 1.36. The van der Waals surface area contributed by atoms with Gasteiger partial charge in [0.05, 0.1) is 52.5 Å². The minimum Gasteiger partial charge on any atom is -0.488 e. The molecule has 1 aliphatic heterocycles. The fraction of sp³-hybridized carbons (Fsp3) is 0.485. The number of methoxy groups -OCH3 is 1. The summed E-state index contributed by atoms with van der Waals surface area (Å²) >= 11 is 0. The number of amides is 1. The lowest BCUT2D eigenvalue weighted by atomic mass is 9.93. The molecule has 53 heavy (non-hydrogen) atoms. The van der Waals surface area contributed by atoms with E-state index in [2.05, 4.69) is 20.3 Å². The lowest BCUT2D eigenvalue weighted by Gasteiger charge is -2.40. The smallest absolute Gasteiger partial charge is 0.433 e. The van der Waals surface area contributed by atoms with Gasteiger partial charge in [0.15, 0.2) is 5.75 Å². The molecule has 3 aromatic rings. The quantitative estimate of drug-likeness (QED) is 0.138. The number of alkyl halides is 9. The van der Waals surface area contributed by atoms with Crippen molar-refractivity contribution in [1.29, 1.82) is 0 Å². The van der Waals surface area contributed by atoms with Gasteiger partial charge in [-0.2, -0.15) is 39.5 Å². The highest BCUT2D eigenvalue weighted by molar-refractivity contribution is 5.90. The van der Waals surface area contributed by atoms with Crippen LogP contribution in [0.5, 0.6) is 5.75 Å². The van der Waals surface area contributed by atoms with E-state index in [4.69, 9.17) is 14.2 Å². The van der Waals surface area contributed by atoms with Crippen LogP contribution >= 0.6 is 0 Å². The Kier molecular flexibility index (Phi) is 12.0. The van der Waals surface area contributed by atoms with E-state index in [1.807, 2.05) is 0 Å². The molecule has 1 aromatic carbocycles. The first kappa shape index (κ1) is 40.9. The molecule has 0 aliphatic carbocycles. The number of pyridine rings is 1. The number of aliphatic carboxylic acids is 1. The summed E-state index contributed by atoms with van der Waals surface area (Å²) in [5, 5.41) is 12.3. The van der Waals surface area contributed by atoms with Gasteiger partial charge in [-0.3, -0.25) is 9.69 Å². The number of benzene rings is 1. The van der Waals surface area contributed by atoms with E-state index in [-0.39, 0.29) is 60.9 Å². The van der Waals surface area contributed by atoms with E-state index < -0.39 is 83.5 Å². The van der Waals surface area contributed by atoms with Crippen molar-refractivity contribution < 1.29 is 68.4 Å². The van der Waals surface area contributed by atoms with Crippen LogP contribution < -0.4 is 15.0 Å². The van der Waals surface area contributed by atoms with Crippen molar-refractivity contribution in [2.45, 2.75) is 70.6 Å². The molecule has 0 saturated carbocycles. The minimum absolute atomic E-state index is 0.0224. The third-order valence-electron chi connectivity index (χ3n) is 8.16. The molecule has 2 N–H and O–H groups in total. The Morgan fingerprint density at radius 3 is 2.13 bits per heavy atom. The second-order valence-electron chi connectivity index (χ2n) is 12.6. The highest BCUT2D eigenvalue weighted by Crippen LogP contribution is 2.42.